The van der Waals surface area contributed by atoms with Crippen molar-refractivity contribution in [1.82, 2.24) is 0 Å². The van der Waals surface area contributed by atoms with Crippen molar-refractivity contribution in [1.29, 1.82) is 0 Å². The van der Waals surface area contributed by atoms with Crippen molar-refractivity contribution in [3.63, 3.8) is 0 Å². The minimum absolute atomic E-state index is 0.109. The first kappa shape index (κ1) is 12.5. The molecule has 0 radical (unpaired) electrons. The Hall–Kier alpha value is -2.55. The van der Waals surface area contributed by atoms with E-state index in [4.69, 9.17) is 9.52 Å². The number of carboxylic acids is 1. The van der Waals surface area contributed by atoms with Crippen molar-refractivity contribution >= 4 is 5.97 Å². The maximum Gasteiger partial charge on any atom is 0.303 e. The largest absolute Gasteiger partial charge is 0.481 e. The van der Waals surface area contributed by atoms with Crippen LogP contribution in [0, 0.1) is 0 Å². The van der Waals surface area contributed by atoms with Gasteiger partial charge in [-0.2, -0.15) is 0 Å². The van der Waals surface area contributed by atoms with Crippen LogP contribution in [0.5, 0.6) is 0 Å². The van der Waals surface area contributed by atoms with E-state index in [9.17, 15) is 4.79 Å². The average molecular weight is 266 g/mol. The van der Waals surface area contributed by atoms with Crippen LogP contribution in [-0.2, 0) is 11.2 Å². The topological polar surface area (TPSA) is 50.4 Å². The summed E-state index contributed by atoms with van der Waals surface area (Å²) in [6.07, 6.45) is 2.21. The monoisotopic (exact) mass is 266 g/mol. The van der Waals surface area contributed by atoms with Crippen molar-refractivity contribution in [2.24, 2.45) is 0 Å². The van der Waals surface area contributed by atoms with Gasteiger partial charge in [-0.25, -0.2) is 0 Å². The molecule has 0 aromatic heterocycles. The third-order valence-corrected chi connectivity index (χ3v) is 3.37. The number of aliphatic carboxylic acids is 1. The fraction of sp³-hybridized carbons (Fsp3) is 0.118. The molecule has 0 unspecified atom stereocenters. The highest BCUT2D eigenvalue weighted by Crippen LogP contribution is 2.39. The number of carbonyl (C=O) groups is 1. The van der Waals surface area contributed by atoms with Crippen molar-refractivity contribution in [2.75, 3.05) is 0 Å². The summed E-state index contributed by atoms with van der Waals surface area (Å²) in [5, 5.41) is 8.84. The molecule has 1 aliphatic heterocycles. The molecule has 0 bridgehead atoms. The van der Waals surface area contributed by atoms with Gasteiger partial charge in [-0.05, 0) is 41.3 Å². The summed E-state index contributed by atoms with van der Waals surface area (Å²) in [5.41, 5.74) is 4.17. The quantitative estimate of drug-likeness (QED) is 0.774. The van der Waals surface area contributed by atoms with Gasteiger partial charge in [0.25, 0.3) is 0 Å². The van der Waals surface area contributed by atoms with E-state index in [0.717, 1.165) is 28.0 Å². The van der Waals surface area contributed by atoms with E-state index in [1.165, 1.54) is 0 Å². The molecule has 0 fully saturated rings. The Labute approximate surface area is 116 Å². The van der Waals surface area contributed by atoms with Gasteiger partial charge in [0.1, 0.15) is 5.76 Å². The van der Waals surface area contributed by atoms with E-state index in [1.807, 2.05) is 48.5 Å². The summed E-state index contributed by atoms with van der Waals surface area (Å²) in [7, 11) is 0. The lowest BCUT2D eigenvalue weighted by Gasteiger charge is -2.03. The molecule has 0 saturated heterocycles. The van der Waals surface area contributed by atoms with Gasteiger partial charge in [0.2, 0.25) is 0 Å². The van der Waals surface area contributed by atoms with Gasteiger partial charge in [0.15, 0.2) is 0 Å². The van der Waals surface area contributed by atoms with Gasteiger partial charge >= 0.3 is 5.97 Å². The minimum Gasteiger partial charge on any atom is -0.481 e. The van der Waals surface area contributed by atoms with Crippen LogP contribution >= 0.6 is 0 Å². The molecule has 3 rings (SSSR count). The van der Waals surface area contributed by atoms with Crippen LogP contribution in [0.4, 0.5) is 0 Å². The highest BCUT2D eigenvalue weighted by atomic mass is 16.4. The van der Waals surface area contributed by atoms with Gasteiger partial charge in [-0.3, -0.25) is 4.79 Å². The van der Waals surface area contributed by atoms with Gasteiger partial charge in [-0.1, -0.05) is 30.3 Å². The Morgan fingerprint density at radius 3 is 2.60 bits per heavy atom. The highest BCUT2D eigenvalue weighted by Gasteiger charge is 2.19. The zero-order chi connectivity index (χ0) is 13.9. The number of aryl methyl sites for hydroxylation is 1. The van der Waals surface area contributed by atoms with Crippen LogP contribution in [0.2, 0.25) is 0 Å². The number of rotatable bonds is 4. The minimum atomic E-state index is -0.795. The third-order valence-electron chi connectivity index (χ3n) is 3.37. The number of carboxylic acid groups (broad SMARTS) is 1. The molecule has 1 aliphatic carbocycles. The number of hydrogen-bond donors (Lipinski definition) is 1. The summed E-state index contributed by atoms with van der Waals surface area (Å²) in [5.74, 6) is -0.0101. The smallest absolute Gasteiger partial charge is 0.303 e. The molecule has 0 saturated carbocycles. The Morgan fingerprint density at radius 1 is 1.05 bits per heavy atom. The van der Waals surface area contributed by atoms with Gasteiger partial charge in [0, 0.05) is 12.0 Å². The molecular formula is C17H14O3. The van der Waals surface area contributed by atoms with Crippen LogP contribution in [0.25, 0.3) is 22.5 Å². The summed E-state index contributed by atoms with van der Waals surface area (Å²) < 4.78 is 5.58. The van der Waals surface area contributed by atoms with Gasteiger partial charge in [-0.15, -0.1) is 0 Å². The Kier molecular flexibility index (Phi) is 3.25. The molecule has 3 nitrogen and oxygen atoms in total. The molecule has 3 heteroatoms. The SMILES string of the molecule is O=C(O)CCc1cc(-c2ccccc2)c2cccoc1-2. The molecule has 0 amide bonds. The molecule has 20 heavy (non-hydrogen) atoms. The predicted octanol–water partition coefficient (Wildman–Crippen LogP) is 4.07. The highest BCUT2D eigenvalue weighted by molar-refractivity contribution is 5.86. The summed E-state index contributed by atoms with van der Waals surface area (Å²) in [6, 6.07) is 15.9. The lowest BCUT2D eigenvalue weighted by molar-refractivity contribution is -0.136. The summed E-state index contributed by atoms with van der Waals surface area (Å²) >= 11 is 0. The maximum atomic E-state index is 10.8. The van der Waals surface area contributed by atoms with Crippen molar-refractivity contribution in [3.8, 4) is 22.5 Å². The second kappa shape index (κ2) is 5.21. The fourth-order valence-corrected chi connectivity index (χ4v) is 2.44. The van der Waals surface area contributed by atoms with Crippen molar-refractivity contribution in [2.45, 2.75) is 12.8 Å². The van der Waals surface area contributed by atoms with Crippen LogP contribution in [0.1, 0.15) is 12.0 Å². The molecule has 1 heterocycles. The van der Waals surface area contributed by atoms with Crippen molar-refractivity contribution in [3.05, 3.63) is 60.4 Å². The molecule has 2 aliphatic rings. The van der Waals surface area contributed by atoms with E-state index in [1.54, 1.807) is 6.26 Å². The van der Waals surface area contributed by atoms with E-state index < -0.39 is 5.97 Å². The molecule has 0 spiro atoms. The zero-order valence-electron chi connectivity index (χ0n) is 10.9. The van der Waals surface area contributed by atoms with Crippen LogP contribution in [0.3, 0.4) is 0 Å². The third kappa shape index (κ3) is 2.30. The van der Waals surface area contributed by atoms with Gasteiger partial charge < -0.3 is 9.52 Å². The second-order valence-electron chi connectivity index (χ2n) is 4.70. The van der Waals surface area contributed by atoms with E-state index in [2.05, 4.69) is 0 Å². The first-order valence-corrected chi connectivity index (χ1v) is 6.52. The molecule has 1 aromatic carbocycles. The predicted molar refractivity (Wildman–Crippen MR) is 76.7 cm³/mol. The van der Waals surface area contributed by atoms with E-state index in [-0.39, 0.29) is 6.42 Å². The average Bonchev–Trinajstić information content (AvgIpc) is 2.85. The lowest BCUT2D eigenvalue weighted by Crippen LogP contribution is -1.97. The van der Waals surface area contributed by atoms with Crippen LogP contribution in [0.15, 0.2) is 59.2 Å². The molecular weight excluding hydrogens is 252 g/mol. The zero-order valence-corrected chi connectivity index (χ0v) is 10.9. The van der Waals surface area contributed by atoms with E-state index >= 15 is 0 Å². The second-order valence-corrected chi connectivity index (χ2v) is 4.70. The molecule has 1 aromatic rings. The maximum absolute atomic E-state index is 10.8. The van der Waals surface area contributed by atoms with Gasteiger partial charge in [0.05, 0.1) is 6.26 Å². The summed E-state index contributed by atoms with van der Waals surface area (Å²) in [6.45, 7) is 0. The standard InChI is InChI=1S/C17H14O3/c18-16(19)9-8-13-11-15(12-5-2-1-3-6-12)14-7-4-10-20-17(13)14/h1-7,10-11H,8-9H2,(H,18,19). The number of benzene rings is 1. The number of fused-ring (bicyclic) bond motifs is 1. The first-order chi connectivity index (χ1) is 9.75. The van der Waals surface area contributed by atoms with Crippen molar-refractivity contribution < 1.29 is 14.3 Å². The fourth-order valence-electron chi connectivity index (χ4n) is 2.44. The summed E-state index contributed by atoms with van der Waals surface area (Å²) in [4.78, 5) is 10.8. The van der Waals surface area contributed by atoms with Crippen LogP contribution in [-0.4, -0.2) is 11.1 Å². The Balaban J connectivity index is 2.07. The first-order valence-electron chi connectivity index (χ1n) is 6.52. The Bertz CT molecular complexity index is 698. The molecule has 0 atom stereocenters. The molecule has 100 valence electrons. The molecule has 1 N–H and O–H groups in total. The van der Waals surface area contributed by atoms with Crippen LogP contribution < -0.4 is 0 Å². The number of hydrogen-bond acceptors (Lipinski definition) is 2. The Morgan fingerprint density at radius 2 is 1.85 bits per heavy atom. The normalized spacial score (nSPS) is 10.8. The van der Waals surface area contributed by atoms with E-state index in [0.29, 0.717) is 6.42 Å². The lowest BCUT2D eigenvalue weighted by atomic mass is 10.0.